The third kappa shape index (κ3) is 1.36. The zero-order valence-electron chi connectivity index (χ0n) is 6.07. The van der Waals surface area contributed by atoms with E-state index in [1.165, 1.54) is 13.7 Å². The Hall–Kier alpha value is -0.241. The molecule has 0 unspecified atom stereocenters. The predicted octanol–water partition coefficient (Wildman–Crippen LogP) is 2.01. The van der Waals surface area contributed by atoms with Crippen molar-refractivity contribution in [3.05, 3.63) is 24.3 Å². The molecule has 0 aliphatic heterocycles. The summed E-state index contributed by atoms with van der Waals surface area (Å²) in [5.74, 6) is 0. The van der Waals surface area contributed by atoms with Gasteiger partial charge in [-0.2, -0.15) is 0 Å². The minimum atomic E-state index is 0.482. The molecule has 1 aromatic carbocycles. The molecule has 0 saturated heterocycles. The van der Waals surface area contributed by atoms with Crippen LogP contribution < -0.4 is 0 Å². The van der Waals surface area contributed by atoms with E-state index in [2.05, 4.69) is 29.4 Å². The summed E-state index contributed by atoms with van der Waals surface area (Å²) in [4.78, 5) is 4.48. The van der Waals surface area contributed by atoms with Gasteiger partial charge in [0.25, 0.3) is 0 Å². The van der Waals surface area contributed by atoms with Crippen molar-refractivity contribution < 1.29 is 0 Å². The molecular weight excluding hydrogens is 221 g/mol. The van der Waals surface area contributed by atoms with Crippen molar-refractivity contribution in [2.24, 2.45) is 0 Å². The normalized spacial score (nSPS) is 10.6. The molecule has 0 bridgehead atoms. The Morgan fingerprint density at radius 3 is 2.91 bits per heavy atom. The van der Waals surface area contributed by atoms with Crippen LogP contribution in [0.4, 0.5) is 0 Å². The third-order valence-corrected chi connectivity index (χ3v) is 5.12. The van der Waals surface area contributed by atoms with Gasteiger partial charge in [0, 0.05) is 0 Å². The van der Waals surface area contributed by atoms with Crippen LogP contribution in [0, 0.1) is 0 Å². The van der Waals surface area contributed by atoms with Crippen molar-refractivity contribution in [1.29, 1.82) is 0 Å². The summed E-state index contributed by atoms with van der Waals surface area (Å²) in [7, 11) is 0. The first-order valence-corrected chi connectivity index (χ1v) is 6.23. The van der Waals surface area contributed by atoms with Crippen LogP contribution in [0.3, 0.4) is 0 Å². The van der Waals surface area contributed by atoms with E-state index in [1.807, 2.05) is 6.07 Å². The fourth-order valence-corrected chi connectivity index (χ4v) is 3.66. The molecule has 1 aromatic heterocycles. The average Bonchev–Trinajstić information content (AvgIpc) is 2.46. The summed E-state index contributed by atoms with van der Waals surface area (Å²) in [5.41, 5.74) is 1.18. The molecule has 11 heavy (non-hydrogen) atoms. The predicted molar refractivity (Wildman–Crippen MR) is 50.5 cm³/mol. The fraction of sp³-hybridized carbons (Fsp3) is 0.125. The van der Waals surface area contributed by atoms with Crippen LogP contribution in [0.1, 0.15) is 0 Å². The third-order valence-electron chi connectivity index (χ3n) is 1.45. The second-order valence-corrected chi connectivity index (χ2v) is 5.69. The van der Waals surface area contributed by atoms with Crippen molar-refractivity contribution in [1.82, 2.24) is 4.98 Å². The molecule has 1 nitrogen and oxygen atoms in total. The zero-order chi connectivity index (χ0) is 7.68. The molecule has 56 valence electrons. The number of hydrogen-bond acceptors (Lipinski definition) is 2. The van der Waals surface area contributed by atoms with Crippen molar-refractivity contribution in [2.75, 3.05) is 6.26 Å². The van der Waals surface area contributed by atoms with E-state index in [0.717, 1.165) is 0 Å². The fourth-order valence-electron chi connectivity index (χ4n) is 0.938. The van der Waals surface area contributed by atoms with E-state index < -0.39 is 0 Å². The number of fused-ring (bicyclic) bond motifs is 1. The number of thioether (sulfide) groups is 1. The molecule has 0 N–H and O–H groups in total. The molecule has 2 aromatic rings. The summed E-state index contributed by atoms with van der Waals surface area (Å²) in [5, 5.41) is 0. The minimum absolute atomic E-state index is 0.482. The molecule has 3 heteroatoms. The molecule has 1 heterocycles. The number of benzene rings is 1. The molecule has 0 spiro atoms. The number of hydrogen-bond donors (Lipinski definition) is 0. The van der Waals surface area contributed by atoms with Gasteiger partial charge in [-0.25, -0.2) is 0 Å². The van der Waals surface area contributed by atoms with Crippen LogP contribution in [0.15, 0.2) is 28.2 Å². The van der Waals surface area contributed by atoms with E-state index in [0.29, 0.717) is 14.5 Å². The van der Waals surface area contributed by atoms with Gasteiger partial charge in [0.1, 0.15) is 0 Å². The van der Waals surface area contributed by atoms with Gasteiger partial charge in [-0.15, -0.1) is 0 Å². The van der Waals surface area contributed by atoms with Crippen LogP contribution in [0.25, 0.3) is 9.78 Å². The van der Waals surface area contributed by atoms with Gasteiger partial charge in [0.05, 0.1) is 0 Å². The van der Waals surface area contributed by atoms with Crippen molar-refractivity contribution >= 4 is 36.0 Å². The molecule has 0 aliphatic rings. The van der Waals surface area contributed by atoms with Crippen LogP contribution in [-0.2, 0) is 0 Å². The Morgan fingerprint density at radius 1 is 1.36 bits per heavy atom. The SMILES string of the molecule is CSc1nc2ccccc2[se]1. The van der Waals surface area contributed by atoms with Gasteiger partial charge < -0.3 is 0 Å². The summed E-state index contributed by atoms with van der Waals surface area (Å²) < 4.78 is 2.71. The standard InChI is InChI=1S/C8H7NSSe/c1-10-8-9-6-4-2-3-5-7(6)11-8/h2-5H,1H3. The first-order valence-electron chi connectivity index (χ1n) is 3.30. The molecular formula is C8H7NSSe. The van der Waals surface area contributed by atoms with Crippen molar-refractivity contribution in [2.45, 2.75) is 3.90 Å². The molecule has 2 rings (SSSR count). The van der Waals surface area contributed by atoms with Gasteiger partial charge in [0.15, 0.2) is 0 Å². The van der Waals surface area contributed by atoms with Crippen LogP contribution in [-0.4, -0.2) is 25.7 Å². The number of rotatable bonds is 1. The van der Waals surface area contributed by atoms with E-state index in [-0.39, 0.29) is 0 Å². The first-order chi connectivity index (χ1) is 5.40. The first kappa shape index (κ1) is 7.41. The van der Waals surface area contributed by atoms with E-state index >= 15 is 0 Å². The summed E-state index contributed by atoms with van der Waals surface area (Å²) in [6.07, 6.45) is 2.09. The monoisotopic (exact) mass is 229 g/mol. The molecule has 0 fully saturated rings. The van der Waals surface area contributed by atoms with Gasteiger partial charge >= 0.3 is 75.4 Å². The van der Waals surface area contributed by atoms with E-state index in [4.69, 9.17) is 0 Å². The molecule has 0 saturated carbocycles. The number of aromatic nitrogens is 1. The number of para-hydroxylation sites is 1. The molecule has 0 amide bonds. The topological polar surface area (TPSA) is 12.9 Å². The average molecular weight is 228 g/mol. The van der Waals surface area contributed by atoms with E-state index in [1.54, 1.807) is 11.8 Å². The van der Waals surface area contributed by atoms with Gasteiger partial charge in [0.2, 0.25) is 0 Å². The maximum atomic E-state index is 4.48. The van der Waals surface area contributed by atoms with Gasteiger partial charge in [-0.1, -0.05) is 0 Å². The van der Waals surface area contributed by atoms with Gasteiger partial charge in [-0.05, 0) is 0 Å². The Balaban J connectivity index is 2.69. The molecule has 0 atom stereocenters. The van der Waals surface area contributed by atoms with Crippen LogP contribution in [0.2, 0.25) is 0 Å². The van der Waals surface area contributed by atoms with Crippen LogP contribution >= 0.6 is 11.8 Å². The Labute approximate surface area is 75.6 Å². The summed E-state index contributed by atoms with van der Waals surface area (Å²) in [6, 6.07) is 8.38. The second kappa shape index (κ2) is 3.02. The molecule has 0 radical (unpaired) electrons. The Morgan fingerprint density at radius 2 is 2.18 bits per heavy atom. The van der Waals surface area contributed by atoms with Crippen molar-refractivity contribution in [3.63, 3.8) is 0 Å². The maximum absolute atomic E-state index is 4.48. The Kier molecular flexibility index (Phi) is 2.03. The quantitative estimate of drug-likeness (QED) is 0.547. The van der Waals surface area contributed by atoms with Crippen molar-refractivity contribution in [3.8, 4) is 0 Å². The summed E-state index contributed by atoms with van der Waals surface area (Å²) >= 11 is 2.25. The Bertz CT molecular complexity index is 336. The van der Waals surface area contributed by atoms with Crippen LogP contribution in [0.5, 0.6) is 0 Å². The second-order valence-electron chi connectivity index (χ2n) is 2.15. The molecule has 0 aliphatic carbocycles. The van der Waals surface area contributed by atoms with Gasteiger partial charge in [-0.3, -0.25) is 0 Å². The summed E-state index contributed by atoms with van der Waals surface area (Å²) in [6.45, 7) is 0. The van der Waals surface area contributed by atoms with E-state index in [9.17, 15) is 0 Å². The zero-order valence-corrected chi connectivity index (χ0v) is 8.60. The number of nitrogens with zero attached hydrogens (tertiary/aromatic N) is 1.